The van der Waals surface area contributed by atoms with E-state index in [0.29, 0.717) is 12.8 Å². The van der Waals surface area contributed by atoms with Crippen molar-refractivity contribution in [2.24, 2.45) is 22.7 Å². The molecule has 4 fully saturated rings. The molecule has 7 heteroatoms. The molecule has 31 heavy (non-hydrogen) atoms. The van der Waals surface area contributed by atoms with Crippen LogP contribution < -0.4 is 0 Å². The summed E-state index contributed by atoms with van der Waals surface area (Å²) in [6.07, 6.45) is 3.33. The van der Waals surface area contributed by atoms with E-state index in [1.54, 1.807) is 13.0 Å². The highest BCUT2D eigenvalue weighted by Gasteiger charge is 2.79. The van der Waals surface area contributed by atoms with Gasteiger partial charge in [-0.25, -0.2) is 0 Å². The standard InChI is InChI=1S/C24H34O7/c1-8-21(5,30-15(4)26)19-12-24(20(27)29-19)13(2)11-18(28-14(3)25)22(6)16(24)9-10-17-23(22,7)31-17/h8,13,16-19H,1,9-12H2,2-7H3. The summed E-state index contributed by atoms with van der Waals surface area (Å²) < 4.78 is 23.5. The van der Waals surface area contributed by atoms with Crippen LogP contribution in [0.2, 0.25) is 0 Å². The van der Waals surface area contributed by atoms with Crippen molar-refractivity contribution in [1.29, 1.82) is 0 Å². The van der Waals surface area contributed by atoms with Gasteiger partial charge in [0.25, 0.3) is 0 Å². The van der Waals surface area contributed by atoms with E-state index in [0.717, 1.165) is 12.8 Å². The summed E-state index contributed by atoms with van der Waals surface area (Å²) in [5, 5.41) is 0. The van der Waals surface area contributed by atoms with E-state index in [2.05, 4.69) is 20.4 Å². The average Bonchev–Trinajstić information content (AvgIpc) is 3.23. The molecule has 4 rings (SSSR count). The summed E-state index contributed by atoms with van der Waals surface area (Å²) in [4.78, 5) is 37.3. The van der Waals surface area contributed by atoms with Crippen molar-refractivity contribution in [3.05, 3.63) is 12.7 Å². The van der Waals surface area contributed by atoms with Crippen LogP contribution in [0.15, 0.2) is 12.7 Å². The first-order chi connectivity index (χ1) is 14.3. The number of carbonyl (C=O) groups excluding carboxylic acids is 3. The van der Waals surface area contributed by atoms with Crippen LogP contribution in [0.4, 0.5) is 0 Å². The maximum Gasteiger partial charge on any atom is 0.313 e. The number of epoxide rings is 1. The van der Waals surface area contributed by atoms with Gasteiger partial charge in [-0.05, 0) is 51.0 Å². The highest BCUT2D eigenvalue weighted by Crippen LogP contribution is 2.72. The van der Waals surface area contributed by atoms with Crippen molar-refractivity contribution in [1.82, 2.24) is 0 Å². The summed E-state index contributed by atoms with van der Waals surface area (Å²) in [6, 6.07) is 0. The molecule has 7 nitrogen and oxygen atoms in total. The number of hydrogen-bond donors (Lipinski definition) is 0. The zero-order chi connectivity index (χ0) is 23.0. The minimum atomic E-state index is -1.11. The van der Waals surface area contributed by atoms with Gasteiger partial charge in [-0.1, -0.05) is 20.4 Å². The van der Waals surface area contributed by atoms with E-state index in [9.17, 15) is 14.4 Å². The molecule has 0 aromatic carbocycles. The first-order valence-corrected chi connectivity index (χ1v) is 11.2. The zero-order valence-corrected chi connectivity index (χ0v) is 19.4. The fourth-order valence-corrected chi connectivity index (χ4v) is 7.09. The molecule has 0 N–H and O–H groups in total. The number of hydrogen-bond acceptors (Lipinski definition) is 7. The molecule has 1 spiro atoms. The lowest BCUT2D eigenvalue weighted by molar-refractivity contribution is -0.202. The Labute approximate surface area is 183 Å². The third-order valence-electron chi connectivity index (χ3n) is 9.06. The molecular weight excluding hydrogens is 400 g/mol. The second kappa shape index (κ2) is 6.80. The second-order valence-corrected chi connectivity index (χ2v) is 10.5. The molecule has 9 unspecified atom stereocenters. The third kappa shape index (κ3) is 2.84. The molecule has 9 atom stereocenters. The fraction of sp³-hybridized carbons (Fsp3) is 0.792. The first kappa shape index (κ1) is 22.3. The molecule has 2 saturated heterocycles. The van der Waals surface area contributed by atoms with Crippen LogP contribution >= 0.6 is 0 Å². The van der Waals surface area contributed by atoms with Gasteiger partial charge in [0.15, 0.2) is 5.60 Å². The van der Waals surface area contributed by atoms with Crippen LogP contribution in [-0.4, -0.2) is 47.4 Å². The van der Waals surface area contributed by atoms with Crippen LogP contribution in [0.3, 0.4) is 0 Å². The molecule has 2 aliphatic carbocycles. The molecule has 0 aromatic rings. The average molecular weight is 435 g/mol. The zero-order valence-electron chi connectivity index (χ0n) is 19.4. The Morgan fingerprint density at radius 2 is 1.90 bits per heavy atom. The molecule has 4 aliphatic rings. The Bertz CT molecular complexity index is 838. The maximum atomic E-state index is 13.6. The van der Waals surface area contributed by atoms with Gasteiger partial charge in [0.2, 0.25) is 0 Å². The van der Waals surface area contributed by atoms with Crippen LogP contribution in [0.5, 0.6) is 0 Å². The number of carbonyl (C=O) groups is 3. The predicted molar refractivity (Wildman–Crippen MR) is 111 cm³/mol. The van der Waals surface area contributed by atoms with E-state index >= 15 is 0 Å². The van der Waals surface area contributed by atoms with Crippen LogP contribution in [0, 0.1) is 22.7 Å². The summed E-state index contributed by atoms with van der Waals surface area (Å²) in [7, 11) is 0. The van der Waals surface area contributed by atoms with Gasteiger partial charge in [0, 0.05) is 25.7 Å². The number of cyclic esters (lactones) is 1. The molecule has 172 valence electrons. The van der Waals surface area contributed by atoms with Gasteiger partial charge in [-0.15, -0.1) is 0 Å². The van der Waals surface area contributed by atoms with Gasteiger partial charge in [-0.3, -0.25) is 14.4 Å². The van der Waals surface area contributed by atoms with Crippen molar-refractivity contribution in [2.75, 3.05) is 0 Å². The number of rotatable bonds is 4. The topological polar surface area (TPSA) is 91.4 Å². The van der Waals surface area contributed by atoms with E-state index in [1.165, 1.54) is 13.8 Å². The number of ether oxygens (including phenoxy) is 4. The maximum absolute atomic E-state index is 13.6. The predicted octanol–water partition coefficient (Wildman–Crippen LogP) is 3.34. The highest BCUT2D eigenvalue weighted by atomic mass is 16.6. The van der Waals surface area contributed by atoms with Gasteiger partial charge in [0.05, 0.1) is 11.5 Å². The lowest BCUT2D eigenvalue weighted by atomic mass is 9.43. The van der Waals surface area contributed by atoms with E-state index in [1.807, 2.05) is 6.92 Å². The molecule has 2 heterocycles. The Morgan fingerprint density at radius 3 is 2.48 bits per heavy atom. The minimum Gasteiger partial charge on any atom is -0.462 e. The second-order valence-electron chi connectivity index (χ2n) is 10.5. The van der Waals surface area contributed by atoms with Crippen molar-refractivity contribution in [3.63, 3.8) is 0 Å². The lowest BCUT2D eigenvalue weighted by Gasteiger charge is -2.59. The van der Waals surface area contributed by atoms with Crippen molar-refractivity contribution in [2.45, 2.75) is 96.7 Å². The summed E-state index contributed by atoms with van der Waals surface area (Å²) in [5.74, 6) is -1.18. The highest BCUT2D eigenvalue weighted by molar-refractivity contribution is 5.81. The largest absolute Gasteiger partial charge is 0.462 e. The van der Waals surface area contributed by atoms with Gasteiger partial charge in [-0.2, -0.15) is 0 Å². The minimum absolute atomic E-state index is 0.0716. The molecule has 0 bridgehead atoms. The first-order valence-electron chi connectivity index (χ1n) is 11.2. The molecule has 0 aromatic heterocycles. The van der Waals surface area contributed by atoms with Crippen LogP contribution in [0.1, 0.15) is 67.2 Å². The van der Waals surface area contributed by atoms with Gasteiger partial charge in [0.1, 0.15) is 17.8 Å². The molecular formula is C24H34O7. The normalized spacial score (nSPS) is 47.4. The SMILES string of the molecule is C=CC(C)(OC(C)=O)C1CC2(C(=O)O1)C(C)CC(OC(C)=O)C1(C)C2CCC2OC21C. The van der Waals surface area contributed by atoms with Gasteiger partial charge < -0.3 is 18.9 Å². The van der Waals surface area contributed by atoms with Crippen LogP contribution in [0.25, 0.3) is 0 Å². The Kier molecular flexibility index (Phi) is 4.90. The van der Waals surface area contributed by atoms with E-state index in [4.69, 9.17) is 18.9 Å². The third-order valence-corrected chi connectivity index (χ3v) is 9.06. The molecule has 2 aliphatic heterocycles. The number of esters is 3. The number of fused-ring (bicyclic) bond motifs is 4. The lowest BCUT2D eigenvalue weighted by Crippen LogP contribution is -2.65. The van der Waals surface area contributed by atoms with E-state index in [-0.39, 0.29) is 36.0 Å². The molecule has 0 radical (unpaired) electrons. The van der Waals surface area contributed by atoms with Crippen molar-refractivity contribution in [3.8, 4) is 0 Å². The van der Waals surface area contributed by atoms with Gasteiger partial charge >= 0.3 is 17.9 Å². The monoisotopic (exact) mass is 434 g/mol. The Hall–Kier alpha value is -1.89. The smallest absolute Gasteiger partial charge is 0.313 e. The quantitative estimate of drug-likeness (QED) is 0.290. The Morgan fingerprint density at radius 1 is 1.23 bits per heavy atom. The molecule has 2 saturated carbocycles. The van der Waals surface area contributed by atoms with Crippen LogP contribution in [-0.2, 0) is 33.3 Å². The summed E-state index contributed by atoms with van der Waals surface area (Å²) in [5.41, 5.74) is -2.83. The fourth-order valence-electron chi connectivity index (χ4n) is 7.09. The van der Waals surface area contributed by atoms with Crippen molar-refractivity contribution < 1.29 is 33.3 Å². The van der Waals surface area contributed by atoms with Crippen molar-refractivity contribution >= 4 is 17.9 Å². The van der Waals surface area contributed by atoms with E-state index < -0.39 is 34.1 Å². The molecule has 0 amide bonds. The summed E-state index contributed by atoms with van der Waals surface area (Å²) >= 11 is 0. The Balaban J connectivity index is 1.76. The summed E-state index contributed by atoms with van der Waals surface area (Å²) in [6.45, 7) is 14.6.